The first-order chi connectivity index (χ1) is 7.15. The normalized spacial score (nSPS) is 10.3. The number of aliphatic hydroxyl groups excluding tert-OH is 1. The summed E-state index contributed by atoms with van der Waals surface area (Å²) in [5.41, 5.74) is 0.988. The van der Waals surface area contributed by atoms with E-state index in [1.165, 1.54) is 12.1 Å². The molecule has 2 N–H and O–H groups in total. The van der Waals surface area contributed by atoms with Gasteiger partial charge in [-0.2, -0.15) is 0 Å². The zero-order valence-electron chi connectivity index (χ0n) is 7.94. The standard InChI is InChI=1S/C9H11BrN2O3/c10-9-5-8(12(14)15)2-1-7(9)6-11-3-4-13/h1-2,5,11,13H,3-4,6H2. The lowest BCUT2D eigenvalue weighted by atomic mass is 10.2. The minimum atomic E-state index is -0.435. The maximum atomic E-state index is 10.5. The van der Waals surface area contributed by atoms with Crippen molar-refractivity contribution in [3.05, 3.63) is 38.3 Å². The van der Waals surface area contributed by atoms with E-state index < -0.39 is 4.92 Å². The number of halogens is 1. The van der Waals surface area contributed by atoms with Crippen molar-refractivity contribution in [3.8, 4) is 0 Å². The van der Waals surface area contributed by atoms with Crippen LogP contribution in [0.25, 0.3) is 0 Å². The van der Waals surface area contributed by atoms with Gasteiger partial charge in [0.2, 0.25) is 0 Å². The third-order valence-corrected chi connectivity index (χ3v) is 2.59. The van der Waals surface area contributed by atoms with E-state index in [4.69, 9.17) is 5.11 Å². The maximum Gasteiger partial charge on any atom is 0.270 e. The number of aliphatic hydroxyl groups is 1. The van der Waals surface area contributed by atoms with Crippen molar-refractivity contribution < 1.29 is 10.0 Å². The number of nitrogens with one attached hydrogen (secondary N) is 1. The van der Waals surface area contributed by atoms with Gasteiger partial charge < -0.3 is 10.4 Å². The highest BCUT2D eigenvalue weighted by atomic mass is 79.9. The Kier molecular flexibility index (Phi) is 4.67. The molecule has 0 heterocycles. The van der Waals surface area contributed by atoms with Crippen LogP contribution in [0.15, 0.2) is 22.7 Å². The van der Waals surface area contributed by atoms with E-state index in [0.29, 0.717) is 17.6 Å². The summed E-state index contributed by atoms with van der Waals surface area (Å²) in [6, 6.07) is 4.61. The van der Waals surface area contributed by atoms with Crippen molar-refractivity contribution in [2.45, 2.75) is 6.54 Å². The zero-order chi connectivity index (χ0) is 11.3. The Labute approximate surface area is 95.4 Å². The lowest BCUT2D eigenvalue weighted by molar-refractivity contribution is -0.384. The van der Waals surface area contributed by atoms with E-state index in [9.17, 15) is 10.1 Å². The van der Waals surface area contributed by atoms with Crippen molar-refractivity contribution in [1.82, 2.24) is 5.32 Å². The van der Waals surface area contributed by atoms with Crippen LogP contribution in [-0.2, 0) is 6.54 Å². The summed E-state index contributed by atoms with van der Waals surface area (Å²) < 4.78 is 0.696. The number of nitrogens with zero attached hydrogens (tertiary/aromatic N) is 1. The zero-order valence-corrected chi connectivity index (χ0v) is 9.53. The van der Waals surface area contributed by atoms with Crippen LogP contribution in [0.4, 0.5) is 5.69 Å². The number of benzene rings is 1. The molecule has 1 aromatic carbocycles. The highest BCUT2D eigenvalue weighted by Gasteiger charge is 2.08. The number of rotatable bonds is 5. The van der Waals surface area contributed by atoms with Crippen LogP contribution in [0.2, 0.25) is 0 Å². The fourth-order valence-electron chi connectivity index (χ4n) is 1.10. The van der Waals surface area contributed by atoms with Crippen LogP contribution in [0.5, 0.6) is 0 Å². The van der Waals surface area contributed by atoms with Crippen LogP contribution < -0.4 is 5.32 Å². The highest BCUT2D eigenvalue weighted by Crippen LogP contribution is 2.22. The molecule has 0 fully saturated rings. The van der Waals surface area contributed by atoms with Gasteiger partial charge in [-0.05, 0) is 11.6 Å². The third kappa shape index (κ3) is 3.58. The molecule has 0 amide bonds. The van der Waals surface area contributed by atoms with Gasteiger partial charge in [0.15, 0.2) is 0 Å². The van der Waals surface area contributed by atoms with Gasteiger partial charge in [-0.3, -0.25) is 10.1 Å². The fourth-order valence-corrected chi connectivity index (χ4v) is 1.60. The summed E-state index contributed by atoms with van der Waals surface area (Å²) in [6.45, 7) is 1.15. The second-order valence-corrected chi connectivity index (χ2v) is 3.79. The molecule has 0 spiro atoms. The van der Waals surface area contributed by atoms with Gasteiger partial charge in [0.1, 0.15) is 0 Å². The molecule has 15 heavy (non-hydrogen) atoms. The average molecular weight is 275 g/mol. The van der Waals surface area contributed by atoms with Crippen LogP contribution in [0.1, 0.15) is 5.56 Å². The topological polar surface area (TPSA) is 75.4 Å². The quantitative estimate of drug-likeness (QED) is 0.484. The van der Waals surface area contributed by atoms with E-state index in [-0.39, 0.29) is 12.3 Å². The lowest BCUT2D eigenvalue weighted by Crippen LogP contribution is -2.17. The van der Waals surface area contributed by atoms with Gasteiger partial charge in [-0.25, -0.2) is 0 Å². The summed E-state index contributed by atoms with van der Waals surface area (Å²) in [5, 5.41) is 22.0. The Bertz CT molecular complexity index is 357. The largest absolute Gasteiger partial charge is 0.395 e. The minimum Gasteiger partial charge on any atom is -0.395 e. The molecule has 0 saturated heterocycles. The SMILES string of the molecule is O=[N+]([O-])c1ccc(CNCCO)c(Br)c1. The Morgan fingerprint density at radius 3 is 2.80 bits per heavy atom. The second kappa shape index (κ2) is 5.79. The molecule has 1 rings (SSSR count). The van der Waals surface area contributed by atoms with Gasteiger partial charge in [-0.15, -0.1) is 0 Å². The fraction of sp³-hybridized carbons (Fsp3) is 0.333. The molecule has 5 nitrogen and oxygen atoms in total. The second-order valence-electron chi connectivity index (χ2n) is 2.93. The summed E-state index contributed by atoms with van der Waals surface area (Å²) in [6.07, 6.45) is 0. The molecule has 0 saturated carbocycles. The lowest BCUT2D eigenvalue weighted by Gasteiger charge is -2.05. The van der Waals surface area contributed by atoms with E-state index >= 15 is 0 Å². The molecule has 0 unspecified atom stereocenters. The number of hydrogen-bond acceptors (Lipinski definition) is 4. The van der Waals surface area contributed by atoms with E-state index in [1.54, 1.807) is 6.07 Å². The molecule has 1 aromatic rings. The van der Waals surface area contributed by atoms with Gasteiger partial charge in [0.05, 0.1) is 11.5 Å². The minimum absolute atomic E-state index is 0.0628. The predicted octanol–water partition coefficient (Wildman–Crippen LogP) is 1.44. The monoisotopic (exact) mass is 274 g/mol. The third-order valence-electron chi connectivity index (χ3n) is 1.85. The van der Waals surface area contributed by atoms with Crippen molar-refractivity contribution >= 4 is 21.6 Å². The first kappa shape index (κ1) is 12.1. The van der Waals surface area contributed by atoms with Crippen molar-refractivity contribution in [2.75, 3.05) is 13.2 Å². The molecule has 0 aromatic heterocycles. The predicted molar refractivity (Wildman–Crippen MR) is 59.6 cm³/mol. The van der Waals surface area contributed by atoms with E-state index in [2.05, 4.69) is 21.2 Å². The van der Waals surface area contributed by atoms with Gasteiger partial charge in [0, 0.05) is 29.7 Å². The number of nitro groups is 1. The Balaban J connectivity index is 2.70. The molecule has 0 bridgehead atoms. The Morgan fingerprint density at radius 2 is 2.27 bits per heavy atom. The number of nitro benzene ring substituents is 1. The van der Waals surface area contributed by atoms with Crippen LogP contribution >= 0.6 is 15.9 Å². The van der Waals surface area contributed by atoms with E-state index in [0.717, 1.165) is 5.56 Å². The number of hydrogen-bond donors (Lipinski definition) is 2. The molecular weight excluding hydrogens is 264 g/mol. The summed E-state index contributed by atoms with van der Waals surface area (Å²) >= 11 is 3.26. The molecule has 0 aliphatic rings. The first-order valence-electron chi connectivity index (χ1n) is 4.39. The van der Waals surface area contributed by atoms with Gasteiger partial charge >= 0.3 is 0 Å². The van der Waals surface area contributed by atoms with Crippen LogP contribution in [0, 0.1) is 10.1 Å². The van der Waals surface area contributed by atoms with Gasteiger partial charge in [-0.1, -0.05) is 15.9 Å². The van der Waals surface area contributed by atoms with Crippen molar-refractivity contribution in [1.29, 1.82) is 0 Å². The van der Waals surface area contributed by atoms with Crippen LogP contribution in [0.3, 0.4) is 0 Å². The molecule has 6 heteroatoms. The molecule has 0 atom stereocenters. The maximum absolute atomic E-state index is 10.5. The van der Waals surface area contributed by atoms with E-state index in [1.807, 2.05) is 0 Å². The molecule has 0 aliphatic heterocycles. The van der Waals surface area contributed by atoms with Crippen molar-refractivity contribution in [2.24, 2.45) is 0 Å². The van der Waals surface area contributed by atoms with Crippen LogP contribution in [-0.4, -0.2) is 23.2 Å². The Morgan fingerprint density at radius 1 is 1.53 bits per heavy atom. The summed E-state index contributed by atoms with van der Waals surface area (Å²) in [4.78, 5) is 10.0. The Hall–Kier alpha value is -0.980. The summed E-state index contributed by atoms with van der Waals surface area (Å²) in [7, 11) is 0. The van der Waals surface area contributed by atoms with Crippen molar-refractivity contribution in [3.63, 3.8) is 0 Å². The smallest absolute Gasteiger partial charge is 0.270 e. The number of non-ortho nitro benzene ring substituents is 1. The van der Waals surface area contributed by atoms with Gasteiger partial charge in [0.25, 0.3) is 5.69 Å². The molecular formula is C9H11BrN2O3. The first-order valence-corrected chi connectivity index (χ1v) is 5.19. The highest BCUT2D eigenvalue weighted by molar-refractivity contribution is 9.10. The molecule has 0 aliphatic carbocycles. The molecule has 0 radical (unpaired) electrons. The average Bonchev–Trinajstić information content (AvgIpc) is 2.20. The molecule has 82 valence electrons. The summed E-state index contributed by atoms with van der Waals surface area (Å²) in [5.74, 6) is 0.